The molecule has 0 unspecified atom stereocenters. The van der Waals surface area contributed by atoms with Crippen molar-refractivity contribution in [3.8, 4) is 11.5 Å². The molecule has 25 heavy (non-hydrogen) atoms. The van der Waals surface area contributed by atoms with Crippen molar-refractivity contribution in [3.05, 3.63) is 59.7 Å². The highest BCUT2D eigenvalue weighted by Crippen LogP contribution is 2.20. The summed E-state index contributed by atoms with van der Waals surface area (Å²) in [5.41, 5.74) is 1.93. The first-order valence-corrected chi connectivity index (χ1v) is 7.97. The van der Waals surface area contributed by atoms with Gasteiger partial charge in [-0.05, 0) is 35.4 Å². The van der Waals surface area contributed by atoms with Gasteiger partial charge in [0.25, 0.3) is 0 Å². The first-order chi connectivity index (χ1) is 12.2. The van der Waals surface area contributed by atoms with E-state index >= 15 is 0 Å². The predicted molar refractivity (Wildman–Crippen MR) is 96.0 cm³/mol. The van der Waals surface area contributed by atoms with Crippen molar-refractivity contribution in [3.63, 3.8) is 0 Å². The molecule has 134 valence electrons. The fourth-order valence-electron chi connectivity index (χ4n) is 2.35. The number of nitrogens with one attached hydrogen (secondary N) is 2. The van der Waals surface area contributed by atoms with Crippen LogP contribution in [0.15, 0.2) is 48.5 Å². The minimum absolute atomic E-state index is 0.248. The van der Waals surface area contributed by atoms with Gasteiger partial charge in [0.2, 0.25) is 0 Å². The highest BCUT2D eigenvalue weighted by Gasteiger charge is 2.12. The summed E-state index contributed by atoms with van der Waals surface area (Å²) in [6.07, 6.45) is -0.248. The summed E-state index contributed by atoms with van der Waals surface area (Å²) in [5.74, 6) is 1.54. The average Bonchev–Trinajstić information content (AvgIpc) is 2.67. The number of urea groups is 1. The van der Waals surface area contributed by atoms with E-state index < -0.39 is 0 Å². The summed E-state index contributed by atoms with van der Waals surface area (Å²) < 4.78 is 15.8. The molecule has 0 saturated heterocycles. The molecule has 0 aliphatic carbocycles. The number of methoxy groups -OCH3 is 3. The maximum atomic E-state index is 12.0. The lowest BCUT2D eigenvalue weighted by molar-refractivity contribution is 0.104. The van der Waals surface area contributed by atoms with E-state index in [0.29, 0.717) is 13.1 Å². The summed E-state index contributed by atoms with van der Waals surface area (Å²) in [5, 5.41) is 5.64. The quantitative estimate of drug-likeness (QED) is 0.773. The Morgan fingerprint density at radius 1 is 0.960 bits per heavy atom. The molecule has 0 fully saturated rings. The molecule has 2 N–H and O–H groups in total. The fraction of sp³-hybridized carbons (Fsp3) is 0.316. The molecule has 2 aromatic rings. The number of carbonyl (C=O) groups excluding carboxylic acids is 1. The molecular weight excluding hydrogens is 320 g/mol. The van der Waals surface area contributed by atoms with Gasteiger partial charge >= 0.3 is 6.03 Å². The van der Waals surface area contributed by atoms with E-state index in [0.717, 1.165) is 22.6 Å². The smallest absolute Gasteiger partial charge is 0.315 e. The van der Waals surface area contributed by atoms with Gasteiger partial charge in [-0.25, -0.2) is 4.79 Å². The molecule has 6 nitrogen and oxygen atoms in total. The van der Waals surface area contributed by atoms with Gasteiger partial charge in [-0.2, -0.15) is 0 Å². The van der Waals surface area contributed by atoms with Crippen LogP contribution in [0.25, 0.3) is 0 Å². The lowest BCUT2D eigenvalue weighted by atomic mass is 10.1. The molecule has 6 heteroatoms. The molecule has 1 atom stereocenters. The Labute approximate surface area is 148 Å². The van der Waals surface area contributed by atoms with Crippen LogP contribution in [0, 0.1) is 0 Å². The van der Waals surface area contributed by atoms with Crippen molar-refractivity contribution in [2.75, 3.05) is 27.9 Å². The maximum absolute atomic E-state index is 12.0. The standard InChI is InChI=1S/C19H24N2O4/c1-23-16-9-7-14(8-10-16)12-20-19(22)21-13-18(25-3)15-5-4-6-17(11-15)24-2/h4-11,18H,12-13H2,1-3H3,(H2,20,21,22)/t18-/m0/s1. The van der Waals surface area contributed by atoms with Gasteiger partial charge in [0.1, 0.15) is 11.5 Å². The van der Waals surface area contributed by atoms with Crippen molar-refractivity contribution in [1.29, 1.82) is 0 Å². The number of ether oxygens (including phenoxy) is 3. The van der Waals surface area contributed by atoms with E-state index in [1.54, 1.807) is 21.3 Å². The van der Waals surface area contributed by atoms with Crippen molar-refractivity contribution < 1.29 is 19.0 Å². The predicted octanol–water partition coefficient (Wildman–Crippen LogP) is 2.89. The second-order valence-electron chi connectivity index (χ2n) is 5.41. The van der Waals surface area contributed by atoms with Crippen LogP contribution in [0.3, 0.4) is 0 Å². The molecule has 2 aromatic carbocycles. The van der Waals surface area contributed by atoms with Crippen LogP contribution >= 0.6 is 0 Å². The summed E-state index contributed by atoms with van der Waals surface area (Å²) in [6.45, 7) is 0.796. The molecule has 2 amide bonds. The minimum Gasteiger partial charge on any atom is -0.497 e. The first-order valence-electron chi connectivity index (χ1n) is 7.97. The number of carbonyl (C=O) groups is 1. The number of amides is 2. The van der Waals surface area contributed by atoms with E-state index in [2.05, 4.69) is 10.6 Å². The topological polar surface area (TPSA) is 68.8 Å². The second kappa shape index (κ2) is 9.54. The largest absolute Gasteiger partial charge is 0.497 e. The zero-order valence-electron chi connectivity index (χ0n) is 14.7. The number of rotatable bonds is 8. The van der Waals surface area contributed by atoms with Crippen LogP contribution in [-0.2, 0) is 11.3 Å². The van der Waals surface area contributed by atoms with E-state index in [9.17, 15) is 4.79 Å². The van der Waals surface area contributed by atoms with Crippen LogP contribution in [-0.4, -0.2) is 33.9 Å². The van der Waals surface area contributed by atoms with Crippen LogP contribution in [0.4, 0.5) is 4.79 Å². The van der Waals surface area contributed by atoms with E-state index in [1.807, 2.05) is 48.5 Å². The molecule has 2 rings (SSSR count). The van der Waals surface area contributed by atoms with Gasteiger partial charge in [-0.15, -0.1) is 0 Å². The van der Waals surface area contributed by atoms with Gasteiger partial charge < -0.3 is 24.8 Å². The molecule has 0 heterocycles. The molecule has 0 radical (unpaired) electrons. The van der Waals surface area contributed by atoms with E-state index in [-0.39, 0.29) is 12.1 Å². The van der Waals surface area contributed by atoms with Gasteiger partial charge in [-0.3, -0.25) is 0 Å². The third-order valence-electron chi connectivity index (χ3n) is 3.81. The highest BCUT2D eigenvalue weighted by molar-refractivity contribution is 5.73. The third-order valence-corrected chi connectivity index (χ3v) is 3.81. The summed E-state index contributed by atoms with van der Waals surface area (Å²) >= 11 is 0. The molecule has 0 aromatic heterocycles. The van der Waals surface area contributed by atoms with Crippen LogP contribution < -0.4 is 20.1 Å². The van der Waals surface area contributed by atoms with Crippen molar-refractivity contribution in [2.45, 2.75) is 12.6 Å². The monoisotopic (exact) mass is 344 g/mol. The lowest BCUT2D eigenvalue weighted by Gasteiger charge is -2.17. The zero-order valence-corrected chi connectivity index (χ0v) is 14.7. The molecule has 0 bridgehead atoms. The fourth-order valence-corrected chi connectivity index (χ4v) is 2.35. The van der Waals surface area contributed by atoms with Crippen LogP contribution in [0.5, 0.6) is 11.5 Å². The lowest BCUT2D eigenvalue weighted by Crippen LogP contribution is -2.37. The molecule has 0 spiro atoms. The highest BCUT2D eigenvalue weighted by atomic mass is 16.5. The van der Waals surface area contributed by atoms with Crippen LogP contribution in [0.1, 0.15) is 17.2 Å². The van der Waals surface area contributed by atoms with Gasteiger partial charge in [0.05, 0.1) is 20.3 Å². The van der Waals surface area contributed by atoms with E-state index in [1.165, 1.54) is 0 Å². The SMILES string of the molecule is COc1ccc(CNC(=O)NC[C@H](OC)c2cccc(OC)c2)cc1. The van der Waals surface area contributed by atoms with Crippen molar-refractivity contribution in [1.82, 2.24) is 10.6 Å². The first kappa shape index (κ1) is 18.6. The van der Waals surface area contributed by atoms with Crippen molar-refractivity contribution in [2.24, 2.45) is 0 Å². The Morgan fingerprint density at radius 2 is 1.68 bits per heavy atom. The Morgan fingerprint density at radius 3 is 2.32 bits per heavy atom. The Bertz CT molecular complexity index is 673. The zero-order chi connectivity index (χ0) is 18.1. The van der Waals surface area contributed by atoms with Gasteiger partial charge in [0.15, 0.2) is 0 Å². The molecule has 0 aliphatic rings. The Hall–Kier alpha value is -2.73. The molecule has 0 aliphatic heterocycles. The summed E-state index contributed by atoms with van der Waals surface area (Å²) in [6, 6.07) is 14.9. The minimum atomic E-state index is -0.249. The maximum Gasteiger partial charge on any atom is 0.315 e. The normalized spacial score (nSPS) is 11.5. The molecular formula is C19H24N2O4. The second-order valence-corrected chi connectivity index (χ2v) is 5.41. The summed E-state index contributed by atoms with van der Waals surface area (Å²) in [4.78, 5) is 12.0. The van der Waals surface area contributed by atoms with Crippen LogP contribution in [0.2, 0.25) is 0 Å². The Kier molecular flexibility index (Phi) is 7.10. The third kappa shape index (κ3) is 5.69. The number of benzene rings is 2. The number of hydrogen-bond donors (Lipinski definition) is 2. The average molecular weight is 344 g/mol. The summed E-state index contributed by atoms with van der Waals surface area (Å²) in [7, 11) is 4.85. The van der Waals surface area contributed by atoms with Gasteiger partial charge in [0, 0.05) is 20.2 Å². The Balaban J connectivity index is 1.82. The van der Waals surface area contributed by atoms with Crippen molar-refractivity contribution >= 4 is 6.03 Å². The van der Waals surface area contributed by atoms with E-state index in [4.69, 9.17) is 14.2 Å². The number of hydrogen-bond acceptors (Lipinski definition) is 4. The van der Waals surface area contributed by atoms with Gasteiger partial charge in [-0.1, -0.05) is 24.3 Å². The molecule has 0 saturated carbocycles.